The predicted molar refractivity (Wildman–Crippen MR) is 139 cm³/mol. The molecule has 1 N–H and O–H groups in total. The van der Waals surface area contributed by atoms with Crippen LogP contribution in [-0.2, 0) is 13.6 Å². The van der Waals surface area contributed by atoms with Crippen molar-refractivity contribution in [3.63, 3.8) is 0 Å². The van der Waals surface area contributed by atoms with Gasteiger partial charge in [0, 0.05) is 28.7 Å². The molecule has 8 heteroatoms. The molecule has 0 atom stereocenters. The van der Waals surface area contributed by atoms with Gasteiger partial charge in [0.25, 0.3) is 5.91 Å². The van der Waals surface area contributed by atoms with Crippen LogP contribution in [0.15, 0.2) is 60.8 Å². The van der Waals surface area contributed by atoms with Crippen molar-refractivity contribution in [1.82, 2.24) is 24.5 Å². The molecule has 35 heavy (non-hydrogen) atoms. The number of anilines is 1. The summed E-state index contributed by atoms with van der Waals surface area (Å²) in [5.74, 6) is -0.208. The Morgan fingerprint density at radius 1 is 1.03 bits per heavy atom. The highest BCUT2D eigenvalue weighted by Crippen LogP contribution is 2.28. The first-order chi connectivity index (χ1) is 16.8. The maximum Gasteiger partial charge on any atom is 0.256 e. The summed E-state index contributed by atoms with van der Waals surface area (Å²) in [5.41, 5.74) is 7.26. The molecule has 5 aromatic rings. The highest BCUT2D eigenvalue weighted by atomic mass is 35.5. The molecule has 1 amide bonds. The van der Waals surface area contributed by atoms with Crippen molar-refractivity contribution in [3.8, 4) is 11.3 Å². The number of para-hydroxylation sites is 1. The maximum atomic E-state index is 13.6. The van der Waals surface area contributed by atoms with Crippen molar-refractivity contribution in [2.24, 2.45) is 7.05 Å². The molecule has 0 unspecified atom stereocenters. The number of aryl methyl sites for hydroxylation is 2. The number of nitrogens with zero attached hydrogens (tertiary/aromatic N) is 5. The van der Waals surface area contributed by atoms with Gasteiger partial charge in [-0.05, 0) is 50.6 Å². The number of halogens is 1. The number of fused-ring (bicyclic) bond motifs is 1. The van der Waals surface area contributed by atoms with E-state index < -0.39 is 0 Å². The molecule has 176 valence electrons. The molecule has 0 fully saturated rings. The molecule has 0 saturated heterocycles. The number of hydrogen-bond donors (Lipinski definition) is 1. The van der Waals surface area contributed by atoms with Crippen LogP contribution in [0.3, 0.4) is 0 Å². The van der Waals surface area contributed by atoms with E-state index in [0.29, 0.717) is 28.5 Å². The summed E-state index contributed by atoms with van der Waals surface area (Å²) >= 11 is 6.14. The minimum atomic E-state index is -0.208. The Bertz CT molecular complexity index is 1580. The third-order valence-corrected chi connectivity index (χ3v) is 6.55. The molecule has 0 radical (unpaired) electrons. The average molecular weight is 485 g/mol. The van der Waals surface area contributed by atoms with Gasteiger partial charge in [0.15, 0.2) is 0 Å². The fraction of sp³-hybridized carbons (Fsp3) is 0.185. The van der Waals surface area contributed by atoms with Gasteiger partial charge in [-0.15, -0.1) is 0 Å². The number of pyridine rings is 1. The molecule has 3 heterocycles. The van der Waals surface area contributed by atoms with Crippen LogP contribution in [0.5, 0.6) is 0 Å². The van der Waals surface area contributed by atoms with Gasteiger partial charge in [0.2, 0.25) is 0 Å². The van der Waals surface area contributed by atoms with Crippen molar-refractivity contribution in [3.05, 3.63) is 94.0 Å². The lowest BCUT2D eigenvalue weighted by molar-refractivity contribution is 0.102. The summed E-state index contributed by atoms with van der Waals surface area (Å²) < 4.78 is 3.68. The zero-order valence-corrected chi connectivity index (χ0v) is 20.8. The molecule has 5 rings (SSSR count). The molecule has 2 aromatic carbocycles. The largest absolute Gasteiger partial charge is 0.319 e. The number of aromatic nitrogens is 5. The van der Waals surface area contributed by atoms with E-state index in [4.69, 9.17) is 16.6 Å². The summed E-state index contributed by atoms with van der Waals surface area (Å²) in [4.78, 5) is 18.4. The van der Waals surface area contributed by atoms with Crippen LogP contribution in [0, 0.1) is 20.8 Å². The van der Waals surface area contributed by atoms with Gasteiger partial charge in [-0.2, -0.15) is 10.2 Å². The Morgan fingerprint density at radius 2 is 1.83 bits per heavy atom. The van der Waals surface area contributed by atoms with Gasteiger partial charge in [-0.3, -0.25) is 14.2 Å². The van der Waals surface area contributed by atoms with Crippen LogP contribution >= 0.6 is 11.6 Å². The van der Waals surface area contributed by atoms with Crippen LogP contribution in [0.4, 0.5) is 5.69 Å². The van der Waals surface area contributed by atoms with E-state index in [-0.39, 0.29) is 5.91 Å². The van der Waals surface area contributed by atoms with Gasteiger partial charge < -0.3 is 5.32 Å². The second-order valence-electron chi connectivity index (χ2n) is 8.63. The number of hydrogen-bond acceptors (Lipinski definition) is 4. The lowest BCUT2D eigenvalue weighted by atomic mass is 10.0. The van der Waals surface area contributed by atoms with Gasteiger partial charge >= 0.3 is 0 Å². The molecule has 0 aliphatic heterocycles. The minimum Gasteiger partial charge on any atom is -0.319 e. The van der Waals surface area contributed by atoms with Crippen molar-refractivity contribution in [1.29, 1.82) is 0 Å². The van der Waals surface area contributed by atoms with E-state index in [0.717, 1.165) is 39.1 Å². The molecule has 0 spiro atoms. The van der Waals surface area contributed by atoms with Crippen LogP contribution in [0.2, 0.25) is 5.02 Å². The van der Waals surface area contributed by atoms with E-state index in [1.807, 2.05) is 87.1 Å². The molecule has 0 bridgehead atoms. The number of carbonyl (C=O) groups is 1. The SMILES string of the molecule is Cc1nn(Cc2cccc(Cl)c2)c(C)c1NC(=O)c1cc(-c2cnn(C)c2C)nc2ccccc12. The average Bonchev–Trinajstić information content (AvgIpc) is 3.31. The van der Waals surface area contributed by atoms with Crippen molar-refractivity contribution in [2.75, 3.05) is 5.32 Å². The van der Waals surface area contributed by atoms with E-state index in [1.54, 1.807) is 10.9 Å². The Balaban J connectivity index is 1.52. The Morgan fingerprint density at radius 3 is 2.57 bits per heavy atom. The Labute approximate surface area is 208 Å². The molecule has 7 nitrogen and oxygen atoms in total. The fourth-order valence-electron chi connectivity index (χ4n) is 4.27. The highest BCUT2D eigenvalue weighted by Gasteiger charge is 2.20. The van der Waals surface area contributed by atoms with Gasteiger partial charge in [0.1, 0.15) is 0 Å². The zero-order valence-electron chi connectivity index (χ0n) is 20.0. The summed E-state index contributed by atoms with van der Waals surface area (Å²) in [6.07, 6.45) is 1.78. The molecular formula is C27H25ClN6O. The molecule has 0 aliphatic rings. The summed E-state index contributed by atoms with van der Waals surface area (Å²) in [5, 5.41) is 13.6. The second kappa shape index (κ2) is 9.00. The molecule has 3 aromatic heterocycles. The predicted octanol–water partition coefficient (Wildman–Crippen LogP) is 5.71. The van der Waals surface area contributed by atoms with E-state index >= 15 is 0 Å². The van der Waals surface area contributed by atoms with Gasteiger partial charge in [-0.1, -0.05) is 41.9 Å². The first kappa shape index (κ1) is 22.8. The summed E-state index contributed by atoms with van der Waals surface area (Å²) in [7, 11) is 1.89. The Hall–Kier alpha value is -3.97. The number of amides is 1. The van der Waals surface area contributed by atoms with Gasteiger partial charge in [0.05, 0.1) is 46.6 Å². The van der Waals surface area contributed by atoms with E-state index in [2.05, 4.69) is 15.5 Å². The molecular weight excluding hydrogens is 460 g/mol. The molecule has 0 saturated carbocycles. The van der Waals surface area contributed by atoms with Crippen molar-refractivity contribution < 1.29 is 4.79 Å². The third kappa shape index (κ3) is 4.31. The fourth-order valence-corrected chi connectivity index (χ4v) is 4.49. The quantitative estimate of drug-likeness (QED) is 0.346. The first-order valence-corrected chi connectivity index (χ1v) is 11.7. The standard InChI is InChI=1S/C27H25ClN6O/c1-16-26(18(3)34(32-16)15-19-8-7-9-20(28)12-19)31-27(35)22-13-25(23-14-29-33(4)17(23)2)30-24-11-6-5-10-21(22)24/h5-14H,15H2,1-4H3,(H,31,35). The number of benzene rings is 2. The Kier molecular flexibility index (Phi) is 5.86. The number of rotatable bonds is 5. The van der Waals surface area contributed by atoms with Gasteiger partial charge in [-0.25, -0.2) is 4.98 Å². The molecule has 0 aliphatic carbocycles. The van der Waals surface area contributed by atoms with Crippen molar-refractivity contribution in [2.45, 2.75) is 27.3 Å². The van der Waals surface area contributed by atoms with Crippen LogP contribution < -0.4 is 5.32 Å². The van der Waals surface area contributed by atoms with Crippen LogP contribution in [-0.4, -0.2) is 30.5 Å². The van der Waals surface area contributed by atoms with E-state index in [9.17, 15) is 4.79 Å². The summed E-state index contributed by atoms with van der Waals surface area (Å²) in [6, 6.07) is 17.2. The van der Waals surface area contributed by atoms with E-state index in [1.165, 1.54) is 0 Å². The smallest absolute Gasteiger partial charge is 0.256 e. The minimum absolute atomic E-state index is 0.208. The topological polar surface area (TPSA) is 77.6 Å². The highest BCUT2D eigenvalue weighted by molar-refractivity contribution is 6.30. The number of nitrogens with one attached hydrogen (secondary N) is 1. The summed E-state index contributed by atoms with van der Waals surface area (Å²) in [6.45, 7) is 6.40. The lowest BCUT2D eigenvalue weighted by Gasteiger charge is -2.11. The van der Waals surface area contributed by atoms with Crippen molar-refractivity contribution >= 4 is 34.1 Å². The zero-order chi connectivity index (χ0) is 24.7. The monoisotopic (exact) mass is 484 g/mol. The lowest BCUT2D eigenvalue weighted by Crippen LogP contribution is -2.14. The first-order valence-electron chi connectivity index (χ1n) is 11.3. The normalized spacial score (nSPS) is 11.2. The second-order valence-corrected chi connectivity index (χ2v) is 9.06. The maximum absolute atomic E-state index is 13.6. The van der Waals surface area contributed by atoms with Crippen LogP contribution in [0.25, 0.3) is 22.2 Å². The third-order valence-electron chi connectivity index (χ3n) is 6.31. The van der Waals surface area contributed by atoms with Crippen LogP contribution in [0.1, 0.15) is 33.0 Å². The number of carbonyl (C=O) groups excluding carboxylic acids is 1.